The molecule has 2 nitrogen and oxygen atoms in total. The van der Waals surface area contributed by atoms with Gasteiger partial charge in [-0.05, 0) is 68.7 Å². The van der Waals surface area contributed by atoms with Gasteiger partial charge in [-0.3, -0.25) is 0 Å². The summed E-state index contributed by atoms with van der Waals surface area (Å²) in [6, 6.07) is 8.52. The van der Waals surface area contributed by atoms with Crippen molar-refractivity contribution in [2.75, 3.05) is 13.1 Å². The molecular formula is C17H25NO. The molecule has 1 aromatic carbocycles. The van der Waals surface area contributed by atoms with Gasteiger partial charge in [0.1, 0.15) is 5.75 Å². The van der Waals surface area contributed by atoms with Gasteiger partial charge in [0, 0.05) is 12.6 Å². The first-order valence-electron chi connectivity index (χ1n) is 7.83. The number of aryl methyl sites for hydroxylation is 1. The topological polar surface area (TPSA) is 23.5 Å². The highest BCUT2D eigenvalue weighted by Gasteiger charge is 2.29. The number of rotatable bonds is 5. The van der Waals surface area contributed by atoms with E-state index in [0.29, 0.717) is 5.75 Å². The zero-order valence-electron chi connectivity index (χ0n) is 11.7. The van der Waals surface area contributed by atoms with E-state index >= 15 is 0 Å². The molecule has 2 heteroatoms. The first kappa shape index (κ1) is 13.0. The Hall–Kier alpha value is -1.02. The van der Waals surface area contributed by atoms with Crippen LogP contribution in [0.15, 0.2) is 24.3 Å². The lowest BCUT2D eigenvalue weighted by Crippen LogP contribution is -2.40. The van der Waals surface area contributed by atoms with Crippen LogP contribution in [-0.2, 0) is 6.42 Å². The molecule has 1 atom stereocenters. The molecular weight excluding hydrogens is 234 g/mol. The van der Waals surface area contributed by atoms with Crippen LogP contribution in [0.2, 0.25) is 0 Å². The summed E-state index contributed by atoms with van der Waals surface area (Å²) in [5, 5.41) is 9.31. The van der Waals surface area contributed by atoms with Gasteiger partial charge in [-0.2, -0.15) is 0 Å². The number of aromatic hydroxyl groups is 1. The summed E-state index contributed by atoms with van der Waals surface area (Å²) in [4.78, 5) is 2.75. The average Bonchev–Trinajstić information content (AvgIpc) is 3.24. The van der Waals surface area contributed by atoms with Crippen LogP contribution in [0.1, 0.15) is 44.1 Å². The number of hydrogen-bond donors (Lipinski definition) is 1. The second-order valence-corrected chi connectivity index (χ2v) is 6.29. The van der Waals surface area contributed by atoms with Crippen molar-refractivity contribution in [1.29, 1.82) is 0 Å². The molecule has 0 spiro atoms. The Kier molecular flexibility index (Phi) is 4.07. The first-order chi connectivity index (χ1) is 9.31. The zero-order chi connectivity index (χ0) is 13.1. The van der Waals surface area contributed by atoms with E-state index in [-0.39, 0.29) is 0 Å². The van der Waals surface area contributed by atoms with E-state index < -0.39 is 0 Å². The van der Waals surface area contributed by atoms with Gasteiger partial charge in [0.2, 0.25) is 0 Å². The third-order valence-electron chi connectivity index (χ3n) is 4.64. The number of piperidine rings is 1. The molecule has 1 aliphatic carbocycles. The Morgan fingerprint density at radius 2 is 1.84 bits per heavy atom. The smallest absolute Gasteiger partial charge is 0.115 e. The summed E-state index contributed by atoms with van der Waals surface area (Å²) in [6.07, 6.45) is 9.51. The highest BCUT2D eigenvalue weighted by atomic mass is 16.3. The second kappa shape index (κ2) is 5.96. The van der Waals surface area contributed by atoms with Crippen LogP contribution in [0.3, 0.4) is 0 Å². The Labute approximate surface area is 116 Å². The minimum Gasteiger partial charge on any atom is -0.508 e. The number of likely N-dealkylation sites (tertiary alicyclic amines) is 1. The summed E-state index contributed by atoms with van der Waals surface area (Å²) in [6.45, 7) is 2.66. The monoisotopic (exact) mass is 259 g/mol. The van der Waals surface area contributed by atoms with Crippen LogP contribution in [0.25, 0.3) is 0 Å². The molecule has 2 fully saturated rings. The maximum absolute atomic E-state index is 9.31. The predicted molar refractivity (Wildman–Crippen MR) is 78.4 cm³/mol. The molecule has 19 heavy (non-hydrogen) atoms. The minimum atomic E-state index is 0.372. The number of phenolic OH excluding ortho intramolecular Hbond substituents is 1. The summed E-state index contributed by atoms with van der Waals surface area (Å²) >= 11 is 0. The fourth-order valence-electron chi connectivity index (χ4n) is 3.26. The minimum absolute atomic E-state index is 0.372. The van der Waals surface area contributed by atoms with Crippen molar-refractivity contribution in [3.05, 3.63) is 29.8 Å². The van der Waals surface area contributed by atoms with Gasteiger partial charge in [0.15, 0.2) is 0 Å². The van der Waals surface area contributed by atoms with Gasteiger partial charge >= 0.3 is 0 Å². The van der Waals surface area contributed by atoms with Crippen LogP contribution in [0, 0.1) is 5.92 Å². The summed E-state index contributed by atoms with van der Waals surface area (Å²) in [5.41, 5.74) is 1.36. The molecule has 3 rings (SSSR count). The normalized spacial score (nSPS) is 24.5. The molecule has 1 saturated heterocycles. The number of benzene rings is 1. The molecule has 0 amide bonds. The van der Waals surface area contributed by atoms with Crippen molar-refractivity contribution in [2.45, 2.75) is 51.0 Å². The molecule has 2 aliphatic rings. The summed E-state index contributed by atoms with van der Waals surface area (Å²) in [7, 11) is 0. The Morgan fingerprint density at radius 3 is 2.58 bits per heavy atom. The van der Waals surface area contributed by atoms with Crippen LogP contribution >= 0.6 is 0 Å². The fourth-order valence-corrected chi connectivity index (χ4v) is 3.26. The number of phenols is 1. The second-order valence-electron chi connectivity index (χ2n) is 6.29. The van der Waals surface area contributed by atoms with Crippen molar-refractivity contribution in [3.8, 4) is 5.75 Å². The van der Waals surface area contributed by atoms with Crippen molar-refractivity contribution in [3.63, 3.8) is 0 Å². The van der Waals surface area contributed by atoms with Gasteiger partial charge in [-0.25, -0.2) is 0 Å². The molecule has 1 aromatic rings. The van der Waals surface area contributed by atoms with E-state index in [1.165, 1.54) is 57.2 Å². The van der Waals surface area contributed by atoms with E-state index in [1.54, 1.807) is 12.1 Å². The molecule has 1 N–H and O–H groups in total. The third-order valence-corrected chi connectivity index (χ3v) is 4.64. The van der Waals surface area contributed by atoms with E-state index in [1.807, 2.05) is 0 Å². The highest BCUT2D eigenvalue weighted by molar-refractivity contribution is 5.25. The molecule has 0 radical (unpaired) electrons. The number of hydrogen-bond acceptors (Lipinski definition) is 2. The van der Waals surface area contributed by atoms with E-state index in [9.17, 15) is 5.11 Å². The van der Waals surface area contributed by atoms with Crippen LogP contribution in [0.4, 0.5) is 0 Å². The molecule has 0 aromatic heterocycles. The van der Waals surface area contributed by atoms with Crippen LogP contribution < -0.4 is 0 Å². The molecule has 1 saturated carbocycles. The SMILES string of the molecule is Oc1ccc(CC[C@@H]2CCCCN2CC2CC2)cc1. The van der Waals surface area contributed by atoms with Gasteiger partial charge in [-0.1, -0.05) is 18.6 Å². The van der Waals surface area contributed by atoms with Gasteiger partial charge in [0.05, 0.1) is 0 Å². The van der Waals surface area contributed by atoms with Gasteiger partial charge in [0.25, 0.3) is 0 Å². The number of nitrogens with zero attached hydrogens (tertiary/aromatic N) is 1. The van der Waals surface area contributed by atoms with Gasteiger partial charge in [-0.15, -0.1) is 0 Å². The standard InChI is InChI=1S/C17H25NO/c19-17-10-7-14(8-11-17)6-9-16-3-1-2-12-18(16)13-15-4-5-15/h7-8,10-11,15-16,19H,1-6,9,12-13H2/t16-/m0/s1. The van der Waals surface area contributed by atoms with E-state index in [2.05, 4.69) is 17.0 Å². The summed E-state index contributed by atoms with van der Waals surface area (Å²) < 4.78 is 0. The van der Waals surface area contributed by atoms with E-state index in [4.69, 9.17) is 0 Å². The van der Waals surface area contributed by atoms with Crippen molar-refractivity contribution in [2.24, 2.45) is 5.92 Å². The van der Waals surface area contributed by atoms with Crippen LogP contribution in [-0.4, -0.2) is 29.1 Å². The first-order valence-corrected chi connectivity index (χ1v) is 7.83. The molecule has 0 bridgehead atoms. The lowest BCUT2D eigenvalue weighted by atomic mass is 9.95. The predicted octanol–water partition coefficient (Wildman–Crippen LogP) is 3.59. The Morgan fingerprint density at radius 1 is 1.05 bits per heavy atom. The fraction of sp³-hybridized carbons (Fsp3) is 0.647. The molecule has 1 aliphatic heterocycles. The third kappa shape index (κ3) is 3.73. The van der Waals surface area contributed by atoms with E-state index in [0.717, 1.165) is 18.4 Å². The molecule has 1 heterocycles. The Bertz CT molecular complexity index is 396. The van der Waals surface area contributed by atoms with Crippen molar-refractivity contribution >= 4 is 0 Å². The van der Waals surface area contributed by atoms with Crippen molar-refractivity contribution in [1.82, 2.24) is 4.90 Å². The molecule has 104 valence electrons. The zero-order valence-corrected chi connectivity index (χ0v) is 11.7. The maximum Gasteiger partial charge on any atom is 0.115 e. The Balaban J connectivity index is 1.52. The van der Waals surface area contributed by atoms with Gasteiger partial charge < -0.3 is 10.0 Å². The lowest BCUT2D eigenvalue weighted by molar-refractivity contribution is 0.134. The van der Waals surface area contributed by atoms with Crippen LogP contribution in [0.5, 0.6) is 5.75 Å². The molecule has 0 unspecified atom stereocenters. The largest absolute Gasteiger partial charge is 0.508 e. The average molecular weight is 259 g/mol. The maximum atomic E-state index is 9.31. The quantitative estimate of drug-likeness (QED) is 0.873. The lowest BCUT2D eigenvalue weighted by Gasteiger charge is -2.36. The highest BCUT2D eigenvalue weighted by Crippen LogP contribution is 2.32. The summed E-state index contributed by atoms with van der Waals surface area (Å²) in [5.74, 6) is 1.38. The van der Waals surface area contributed by atoms with Crippen molar-refractivity contribution < 1.29 is 5.11 Å².